The zero-order valence-corrected chi connectivity index (χ0v) is 7.77. The molecule has 1 unspecified atom stereocenters. The van der Waals surface area contributed by atoms with E-state index in [-0.39, 0.29) is 0 Å². The number of carbonyl (C=O) groups is 1. The van der Waals surface area contributed by atoms with Crippen LogP contribution in [0.3, 0.4) is 0 Å². The van der Waals surface area contributed by atoms with Crippen LogP contribution >= 0.6 is 11.6 Å². The standard InChI is InChI=1S/C9H6ClNO3/c10-8(14-9(13)11-6-12)7-4-2-1-3-5-7/h1-5,8H. The van der Waals surface area contributed by atoms with E-state index in [1.54, 1.807) is 30.3 Å². The van der Waals surface area contributed by atoms with E-state index < -0.39 is 11.7 Å². The van der Waals surface area contributed by atoms with Gasteiger partial charge in [-0.05, 0) is 0 Å². The molecule has 4 nitrogen and oxygen atoms in total. The van der Waals surface area contributed by atoms with Crippen LogP contribution in [-0.2, 0) is 9.53 Å². The van der Waals surface area contributed by atoms with Gasteiger partial charge in [-0.3, -0.25) is 0 Å². The van der Waals surface area contributed by atoms with Gasteiger partial charge in [0.1, 0.15) is 0 Å². The molecule has 72 valence electrons. The van der Waals surface area contributed by atoms with E-state index in [0.717, 1.165) is 6.08 Å². The SMILES string of the molecule is O=C=NC(=O)OC(Cl)c1ccccc1. The van der Waals surface area contributed by atoms with Gasteiger partial charge in [0.2, 0.25) is 11.6 Å². The fourth-order valence-electron chi connectivity index (χ4n) is 0.825. The molecular formula is C9H6ClNO3. The van der Waals surface area contributed by atoms with Crippen molar-refractivity contribution in [3.8, 4) is 0 Å². The van der Waals surface area contributed by atoms with Crippen molar-refractivity contribution in [3.63, 3.8) is 0 Å². The quantitative estimate of drug-likeness (QED) is 0.429. The molecule has 1 amide bonds. The van der Waals surface area contributed by atoms with E-state index in [9.17, 15) is 9.59 Å². The number of hydrogen-bond acceptors (Lipinski definition) is 3. The molecule has 0 heterocycles. The molecule has 0 aliphatic heterocycles. The van der Waals surface area contributed by atoms with E-state index >= 15 is 0 Å². The fourth-order valence-corrected chi connectivity index (χ4v) is 1.05. The van der Waals surface area contributed by atoms with Crippen LogP contribution in [0.5, 0.6) is 0 Å². The molecule has 0 radical (unpaired) electrons. The fraction of sp³-hybridized carbons (Fsp3) is 0.111. The third-order valence-electron chi connectivity index (χ3n) is 1.40. The van der Waals surface area contributed by atoms with Crippen molar-refractivity contribution in [2.24, 2.45) is 4.99 Å². The van der Waals surface area contributed by atoms with Crippen LogP contribution in [0.2, 0.25) is 0 Å². The first kappa shape index (κ1) is 10.4. The summed E-state index contributed by atoms with van der Waals surface area (Å²) in [7, 11) is 0. The Morgan fingerprint density at radius 2 is 2.07 bits per heavy atom. The molecule has 0 saturated heterocycles. The molecule has 1 atom stereocenters. The van der Waals surface area contributed by atoms with E-state index in [0.29, 0.717) is 5.56 Å². The van der Waals surface area contributed by atoms with E-state index in [1.165, 1.54) is 0 Å². The lowest BCUT2D eigenvalue weighted by Gasteiger charge is -2.07. The Hall–Kier alpha value is -1.64. The molecule has 0 aliphatic rings. The molecule has 1 rings (SSSR count). The Morgan fingerprint density at radius 1 is 1.43 bits per heavy atom. The van der Waals surface area contributed by atoms with Crippen LogP contribution in [0.15, 0.2) is 35.3 Å². The number of aliphatic imine (C=N–C) groups is 1. The third-order valence-corrected chi connectivity index (χ3v) is 1.74. The highest BCUT2D eigenvalue weighted by atomic mass is 35.5. The number of rotatable bonds is 2. The van der Waals surface area contributed by atoms with Crippen molar-refractivity contribution in [3.05, 3.63) is 35.9 Å². The second-order valence-corrected chi connectivity index (χ2v) is 2.71. The zero-order valence-electron chi connectivity index (χ0n) is 7.01. The Morgan fingerprint density at radius 3 is 2.64 bits per heavy atom. The summed E-state index contributed by atoms with van der Waals surface area (Å²) in [4.78, 5) is 23.1. The van der Waals surface area contributed by atoms with Gasteiger partial charge in [0.05, 0.1) is 0 Å². The second-order valence-electron chi connectivity index (χ2n) is 2.31. The smallest absolute Gasteiger partial charge is 0.423 e. The topological polar surface area (TPSA) is 55.7 Å². The minimum atomic E-state index is -1.05. The van der Waals surface area contributed by atoms with Crippen LogP contribution in [0.25, 0.3) is 0 Å². The first-order valence-corrected chi connectivity index (χ1v) is 4.15. The first-order chi connectivity index (χ1) is 6.74. The van der Waals surface area contributed by atoms with Gasteiger partial charge in [-0.25, -0.2) is 9.59 Å². The predicted molar refractivity (Wildman–Crippen MR) is 49.6 cm³/mol. The van der Waals surface area contributed by atoms with Gasteiger partial charge in [0.15, 0.2) is 0 Å². The normalized spacial score (nSPS) is 11.2. The number of halogens is 1. The van der Waals surface area contributed by atoms with Gasteiger partial charge in [0, 0.05) is 5.56 Å². The van der Waals surface area contributed by atoms with Crippen molar-refractivity contribution in [2.75, 3.05) is 0 Å². The van der Waals surface area contributed by atoms with Gasteiger partial charge in [0.25, 0.3) is 0 Å². The van der Waals surface area contributed by atoms with Gasteiger partial charge in [-0.15, -0.1) is 0 Å². The first-order valence-electron chi connectivity index (χ1n) is 3.71. The summed E-state index contributed by atoms with van der Waals surface area (Å²) in [6.45, 7) is 0. The summed E-state index contributed by atoms with van der Waals surface area (Å²) in [6.07, 6.45) is 0.0141. The zero-order chi connectivity index (χ0) is 10.4. The Bertz CT molecular complexity index is 360. The molecule has 0 fully saturated rings. The molecule has 5 heteroatoms. The van der Waals surface area contributed by atoms with Gasteiger partial charge >= 0.3 is 6.09 Å². The van der Waals surface area contributed by atoms with E-state index in [2.05, 4.69) is 9.73 Å². The Labute approximate surface area is 85.2 Å². The number of hydrogen-bond donors (Lipinski definition) is 0. The molecule has 1 aromatic carbocycles. The number of alkyl halides is 1. The van der Waals surface area contributed by atoms with Gasteiger partial charge in [-0.1, -0.05) is 46.9 Å². The summed E-state index contributed by atoms with van der Waals surface area (Å²) >= 11 is 5.70. The van der Waals surface area contributed by atoms with Crippen molar-refractivity contribution in [1.29, 1.82) is 0 Å². The van der Waals surface area contributed by atoms with E-state index in [4.69, 9.17) is 11.6 Å². The Kier molecular flexibility index (Phi) is 3.85. The van der Waals surface area contributed by atoms with Gasteiger partial charge < -0.3 is 4.74 Å². The maximum absolute atomic E-state index is 10.7. The average Bonchev–Trinajstić information content (AvgIpc) is 2.19. The number of carbonyl (C=O) groups excluding carboxylic acids is 2. The number of ether oxygens (including phenoxy) is 1. The molecule has 0 aliphatic carbocycles. The lowest BCUT2D eigenvalue weighted by molar-refractivity contribution is 0.144. The van der Waals surface area contributed by atoms with Crippen molar-refractivity contribution < 1.29 is 14.3 Å². The van der Waals surface area contributed by atoms with Crippen molar-refractivity contribution >= 4 is 23.8 Å². The molecular weight excluding hydrogens is 206 g/mol. The minimum absolute atomic E-state index is 0.614. The largest absolute Gasteiger partial charge is 0.446 e. The second kappa shape index (κ2) is 5.17. The highest BCUT2D eigenvalue weighted by Crippen LogP contribution is 2.21. The van der Waals surface area contributed by atoms with Gasteiger partial charge in [-0.2, -0.15) is 0 Å². The van der Waals surface area contributed by atoms with Crippen LogP contribution in [-0.4, -0.2) is 12.2 Å². The summed E-state index contributed by atoms with van der Waals surface area (Å²) in [5.41, 5.74) is -0.329. The highest BCUT2D eigenvalue weighted by Gasteiger charge is 2.11. The molecule has 0 saturated carbocycles. The number of benzene rings is 1. The van der Waals surface area contributed by atoms with Crippen LogP contribution in [0.4, 0.5) is 4.79 Å². The van der Waals surface area contributed by atoms with E-state index in [1.807, 2.05) is 0 Å². The van der Waals surface area contributed by atoms with Crippen LogP contribution in [0, 0.1) is 0 Å². The summed E-state index contributed by atoms with van der Waals surface area (Å²) in [5, 5.41) is 0. The predicted octanol–water partition coefficient (Wildman–Crippen LogP) is 2.40. The summed E-state index contributed by atoms with van der Waals surface area (Å²) < 4.78 is 4.57. The summed E-state index contributed by atoms with van der Waals surface area (Å²) in [6, 6.07) is 8.69. The van der Waals surface area contributed by atoms with Crippen LogP contribution < -0.4 is 0 Å². The van der Waals surface area contributed by atoms with Crippen molar-refractivity contribution in [2.45, 2.75) is 5.56 Å². The number of isocyanates is 1. The number of amides is 1. The Balaban J connectivity index is 2.63. The minimum Gasteiger partial charge on any atom is -0.423 e. The molecule has 0 aromatic heterocycles. The highest BCUT2D eigenvalue weighted by molar-refractivity contribution is 6.20. The van der Waals surface area contributed by atoms with Crippen molar-refractivity contribution in [1.82, 2.24) is 0 Å². The monoisotopic (exact) mass is 211 g/mol. The lowest BCUT2D eigenvalue weighted by atomic mass is 10.2. The number of nitrogens with zero attached hydrogens (tertiary/aromatic N) is 1. The average molecular weight is 212 g/mol. The maximum atomic E-state index is 10.7. The molecule has 0 bridgehead atoms. The molecule has 0 spiro atoms. The maximum Gasteiger partial charge on any atom is 0.446 e. The lowest BCUT2D eigenvalue weighted by Crippen LogP contribution is -2.02. The van der Waals surface area contributed by atoms with Crippen LogP contribution in [0.1, 0.15) is 11.1 Å². The molecule has 14 heavy (non-hydrogen) atoms. The third kappa shape index (κ3) is 3.01. The molecule has 1 aromatic rings. The summed E-state index contributed by atoms with van der Waals surface area (Å²) in [5.74, 6) is 0. The molecule has 0 N–H and O–H groups in total.